The van der Waals surface area contributed by atoms with Crippen molar-refractivity contribution in [2.45, 2.75) is 52.5 Å². The summed E-state index contributed by atoms with van der Waals surface area (Å²) in [6, 6.07) is 4.63. The van der Waals surface area contributed by atoms with Gasteiger partial charge in [-0.25, -0.2) is 4.98 Å². The smallest absolute Gasteiger partial charge is 0.127 e. The quantitative estimate of drug-likeness (QED) is 0.717. The molecule has 1 rings (SSSR count). The van der Waals surface area contributed by atoms with Crippen molar-refractivity contribution in [1.29, 1.82) is 0 Å². The molecule has 1 aromatic heterocycles. The first-order valence-electron chi connectivity index (χ1n) is 6.72. The minimum absolute atomic E-state index is 0.524. The van der Waals surface area contributed by atoms with Crippen molar-refractivity contribution >= 4 is 11.5 Å². The molecule has 0 amide bonds. The predicted molar refractivity (Wildman–Crippen MR) is 75.6 cm³/mol. The summed E-state index contributed by atoms with van der Waals surface area (Å²) in [7, 11) is 0. The summed E-state index contributed by atoms with van der Waals surface area (Å²) < 4.78 is 0. The number of nitrogens with zero attached hydrogens (tertiary/aromatic N) is 1. The van der Waals surface area contributed by atoms with Crippen LogP contribution in [0.4, 0.5) is 11.5 Å². The lowest BCUT2D eigenvalue weighted by Crippen LogP contribution is -2.15. The van der Waals surface area contributed by atoms with E-state index < -0.39 is 0 Å². The molecule has 0 saturated heterocycles. The van der Waals surface area contributed by atoms with Crippen molar-refractivity contribution in [3.63, 3.8) is 0 Å². The van der Waals surface area contributed by atoms with Crippen molar-refractivity contribution < 1.29 is 0 Å². The van der Waals surface area contributed by atoms with Crippen molar-refractivity contribution in [3.8, 4) is 0 Å². The van der Waals surface area contributed by atoms with Crippen LogP contribution in [0.1, 0.15) is 46.5 Å². The van der Waals surface area contributed by atoms with Gasteiger partial charge in [0.2, 0.25) is 0 Å². The summed E-state index contributed by atoms with van der Waals surface area (Å²) in [5.74, 6) is 0.958. The Hall–Kier alpha value is -1.25. The van der Waals surface area contributed by atoms with Crippen LogP contribution < -0.4 is 10.6 Å². The highest BCUT2D eigenvalue weighted by Gasteiger charge is 2.02. The molecule has 96 valence electrons. The van der Waals surface area contributed by atoms with Gasteiger partial charge in [-0.15, -0.1) is 0 Å². The number of nitrogens with one attached hydrogen (secondary N) is 2. The largest absolute Gasteiger partial charge is 0.382 e. The van der Waals surface area contributed by atoms with Crippen molar-refractivity contribution in [1.82, 2.24) is 4.98 Å². The number of pyridine rings is 1. The third-order valence-electron chi connectivity index (χ3n) is 2.72. The van der Waals surface area contributed by atoms with E-state index in [-0.39, 0.29) is 0 Å². The van der Waals surface area contributed by atoms with Gasteiger partial charge in [0.15, 0.2) is 0 Å². The SMILES string of the molecule is CCCCC(C)Nc1ccnc(NCCC)c1. The Morgan fingerprint density at radius 1 is 1.29 bits per heavy atom. The first-order chi connectivity index (χ1) is 8.26. The molecule has 1 aromatic rings. The molecule has 1 atom stereocenters. The van der Waals surface area contributed by atoms with Gasteiger partial charge < -0.3 is 10.6 Å². The van der Waals surface area contributed by atoms with E-state index in [2.05, 4.69) is 42.5 Å². The van der Waals surface area contributed by atoms with Gasteiger partial charge >= 0.3 is 0 Å². The lowest BCUT2D eigenvalue weighted by atomic mass is 10.1. The molecule has 17 heavy (non-hydrogen) atoms. The van der Waals surface area contributed by atoms with E-state index >= 15 is 0 Å². The lowest BCUT2D eigenvalue weighted by Gasteiger charge is -2.15. The number of anilines is 2. The number of hydrogen-bond acceptors (Lipinski definition) is 3. The average Bonchev–Trinajstić information content (AvgIpc) is 2.34. The highest BCUT2D eigenvalue weighted by atomic mass is 15.0. The molecule has 3 nitrogen and oxygen atoms in total. The third kappa shape index (κ3) is 5.57. The number of unbranched alkanes of at least 4 members (excludes halogenated alkanes) is 1. The van der Waals surface area contributed by atoms with Crippen LogP contribution >= 0.6 is 0 Å². The van der Waals surface area contributed by atoms with Gasteiger partial charge in [-0.05, 0) is 25.8 Å². The average molecular weight is 235 g/mol. The van der Waals surface area contributed by atoms with Crippen LogP contribution in [-0.4, -0.2) is 17.6 Å². The van der Waals surface area contributed by atoms with E-state index in [4.69, 9.17) is 0 Å². The molecule has 0 fully saturated rings. The van der Waals surface area contributed by atoms with E-state index in [1.165, 1.54) is 19.3 Å². The predicted octanol–water partition coefficient (Wildman–Crippen LogP) is 3.89. The molecular formula is C14H25N3. The lowest BCUT2D eigenvalue weighted by molar-refractivity contribution is 0.645. The molecule has 1 unspecified atom stereocenters. The summed E-state index contributed by atoms with van der Waals surface area (Å²) in [6.45, 7) is 7.59. The normalized spacial score (nSPS) is 12.2. The van der Waals surface area contributed by atoms with Gasteiger partial charge in [0.1, 0.15) is 5.82 Å². The Balaban J connectivity index is 2.47. The third-order valence-corrected chi connectivity index (χ3v) is 2.72. The van der Waals surface area contributed by atoms with Gasteiger partial charge in [0.05, 0.1) is 0 Å². The minimum Gasteiger partial charge on any atom is -0.382 e. The van der Waals surface area contributed by atoms with E-state index in [1.807, 2.05) is 12.3 Å². The molecule has 1 heterocycles. The van der Waals surface area contributed by atoms with Crippen LogP contribution in [0.2, 0.25) is 0 Å². The standard InChI is InChI=1S/C14H25N3/c1-4-6-7-12(3)17-13-8-10-16-14(11-13)15-9-5-2/h8,10-12H,4-7,9H2,1-3H3,(H2,15,16,17). The van der Waals surface area contributed by atoms with Crippen LogP contribution in [0.5, 0.6) is 0 Å². The molecule has 0 spiro atoms. The molecule has 3 heteroatoms. The molecule has 0 aromatic carbocycles. The Labute approximate surface area is 105 Å². The van der Waals surface area contributed by atoms with Crippen LogP contribution in [-0.2, 0) is 0 Å². The second-order valence-corrected chi connectivity index (χ2v) is 4.54. The van der Waals surface area contributed by atoms with Gasteiger partial charge in [-0.1, -0.05) is 26.7 Å². The highest BCUT2D eigenvalue weighted by Crippen LogP contribution is 2.14. The zero-order valence-corrected chi connectivity index (χ0v) is 11.3. The number of hydrogen-bond donors (Lipinski definition) is 2. The molecular weight excluding hydrogens is 210 g/mol. The second-order valence-electron chi connectivity index (χ2n) is 4.54. The topological polar surface area (TPSA) is 37.0 Å². The monoisotopic (exact) mass is 235 g/mol. The summed E-state index contributed by atoms with van der Waals surface area (Å²) in [5.41, 5.74) is 1.15. The van der Waals surface area contributed by atoms with Crippen LogP contribution in [0.25, 0.3) is 0 Å². The Bertz CT molecular complexity index is 312. The second kappa shape index (κ2) is 7.93. The summed E-state index contributed by atoms with van der Waals surface area (Å²) >= 11 is 0. The van der Waals surface area contributed by atoms with Gasteiger partial charge in [-0.2, -0.15) is 0 Å². The van der Waals surface area contributed by atoms with Crippen molar-refractivity contribution in [2.75, 3.05) is 17.2 Å². The van der Waals surface area contributed by atoms with Gasteiger partial charge in [-0.3, -0.25) is 0 Å². The zero-order chi connectivity index (χ0) is 12.5. The molecule has 0 bridgehead atoms. The molecule has 0 aliphatic rings. The maximum atomic E-state index is 4.30. The summed E-state index contributed by atoms with van der Waals surface area (Å²) in [4.78, 5) is 4.30. The fraction of sp³-hybridized carbons (Fsp3) is 0.643. The van der Waals surface area contributed by atoms with E-state index in [1.54, 1.807) is 0 Å². The Kier molecular flexibility index (Phi) is 6.45. The van der Waals surface area contributed by atoms with E-state index in [0.717, 1.165) is 24.5 Å². The molecule has 0 aliphatic heterocycles. The van der Waals surface area contributed by atoms with E-state index in [0.29, 0.717) is 6.04 Å². The first kappa shape index (κ1) is 13.8. The molecule has 0 radical (unpaired) electrons. The van der Waals surface area contributed by atoms with Crippen LogP contribution in [0.15, 0.2) is 18.3 Å². The minimum atomic E-state index is 0.524. The highest BCUT2D eigenvalue weighted by molar-refractivity contribution is 5.52. The van der Waals surface area contributed by atoms with Crippen molar-refractivity contribution in [2.24, 2.45) is 0 Å². The molecule has 0 aliphatic carbocycles. The Morgan fingerprint density at radius 3 is 2.82 bits per heavy atom. The van der Waals surface area contributed by atoms with E-state index in [9.17, 15) is 0 Å². The fourth-order valence-corrected chi connectivity index (χ4v) is 1.74. The fourth-order valence-electron chi connectivity index (χ4n) is 1.74. The van der Waals surface area contributed by atoms with Crippen LogP contribution in [0.3, 0.4) is 0 Å². The number of aromatic nitrogens is 1. The number of rotatable bonds is 8. The van der Waals surface area contributed by atoms with Crippen molar-refractivity contribution in [3.05, 3.63) is 18.3 Å². The Morgan fingerprint density at radius 2 is 2.12 bits per heavy atom. The van der Waals surface area contributed by atoms with Gasteiger partial charge in [0, 0.05) is 30.5 Å². The van der Waals surface area contributed by atoms with Gasteiger partial charge in [0.25, 0.3) is 0 Å². The summed E-state index contributed by atoms with van der Waals surface area (Å²) in [5, 5.41) is 6.81. The molecule has 2 N–H and O–H groups in total. The molecule has 0 saturated carbocycles. The maximum absolute atomic E-state index is 4.30. The maximum Gasteiger partial charge on any atom is 0.127 e. The zero-order valence-electron chi connectivity index (χ0n) is 11.3. The summed E-state index contributed by atoms with van der Waals surface area (Å²) in [6.07, 6.45) is 6.72. The van der Waals surface area contributed by atoms with Crippen LogP contribution in [0, 0.1) is 0 Å². The first-order valence-corrected chi connectivity index (χ1v) is 6.72.